The van der Waals surface area contributed by atoms with Gasteiger partial charge in [0.15, 0.2) is 0 Å². The van der Waals surface area contributed by atoms with Crippen molar-refractivity contribution in [3.05, 3.63) is 59.7 Å². The quantitative estimate of drug-likeness (QED) is 0.328. The number of benzene rings is 2. The highest BCUT2D eigenvalue weighted by atomic mass is 32.3. The van der Waals surface area contributed by atoms with Crippen molar-refractivity contribution in [1.29, 1.82) is 0 Å². The molecule has 0 aromatic heterocycles. The summed E-state index contributed by atoms with van der Waals surface area (Å²) in [4.78, 5) is 2.29. The Labute approximate surface area is 186 Å². The molecule has 6 nitrogen and oxygen atoms in total. The Morgan fingerprint density at radius 2 is 1.39 bits per heavy atom. The second kappa shape index (κ2) is 13.1. The van der Waals surface area contributed by atoms with Gasteiger partial charge in [-0.25, -0.2) is 4.18 Å². The van der Waals surface area contributed by atoms with Crippen LogP contribution in [0, 0.1) is 0 Å². The third-order valence-electron chi connectivity index (χ3n) is 4.85. The van der Waals surface area contributed by atoms with E-state index in [9.17, 15) is 8.42 Å². The molecule has 0 heterocycles. The van der Waals surface area contributed by atoms with Crippen LogP contribution < -0.4 is 9.08 Å². The van der Waals surface area contributed by atoms with Gasteiger partial charge in [-0.15, -0.1) is 0 Å². The Balaban J connectivity index is 1.85. The molecule has 2 aromatic carbocycles. The number of hydrogen-bond acceptors (Lipinski definition) is 6. The number of aliphatic hydroxyl groups excluding tert-OH is 1. The summed E-state index contributed by atoms with van der Waals surface area (Å²) in [7, 11) is -4.08. The highest BCUT2D eigenvalue weighted by Gasteiger charge is 2.13. The van der Waals surface area contributed by atoms with Crippen molar-refractivity contribution in [2.24, 2.45) is 0 Å². The van der Waals surface area contributed by atoms with E-state index in [-0.39, 0.29) is 19.0 Å². The van der Waals surface area contributed by atoms with Crippen LogP contribution in [0.1, 0.15) is 50.7 Å². The minimum atomic E-state index is -4.08. The average Bonchev–Trinajstić information content (AvgIpc) is 2.77. The standard InChI is InChI=1S/C24H33NO5S/c1-3-25(4-2)23-15-11-21(12-16-23)9-10-22-13-17-24(18-14-22)30-31(27,28)29-20-8-6-5-7-19-26/h9-18,26H,3-8,19-20H2,1-2H3/b10-9+. The van der Waals surface area contributed by atoms with E-state index in [1.807, 2.05) is 12.2 Å². The fraction of sp³-hybridized carbons (Fsp3) is 0.417. The third kappa shape index (κ3) is 9.12. The molecule has 0 saturated carbocycles. The number of hydrogen-bond donors (Lipinski definition) is 1. The molecule has 0 atom stereocenters. The van der Waals surface area contributed by atoms with Gasteiger partial charge in [0.25, 0.3) is 0 Å². The summed E-state index contributed by atoms with van der Waals surface area (Å²) in [5, 5.41) is 8.72. The van der Waals surface area contributed by atoms with Gasteiger partial charge in [-0.2, -0.15) is 8.42 Å². The summed E-state index contributed by atoms with van der Waals surface area (Å²) >= 11 is 0. The molecule has 170 valence electrons. The van der Waals surface area contributed by atoms with Crippen LogP contribution in [-0.2, 0) is 14.6 Å². The van der Waals surface area contributed by atoms with Gasteiger partial charge in [0.2, 0.25) is 0 Å². The number of anilines is 1. The molecule has 2 aromatic rings. The predicted octanol–water partition coefficient (Wildman–Crippen LogP) is 4.90. The topological polar surface area (TPSA) is 76.1 Å². The summed E-state index contributed by atoms with van der Waals surface area (Å²) in [5.41, 5.74) is 3.23. The van der Waals surface area contributed by atoms with E-state index in [0.29, 0.717) is 12.8 Å². The van der Waals surface area contributed by atoms with Gasteiger partial charge in [-0.1, -0.05) is 49.3 Å². The molecule has 0 unspecified atom stereocenters. The average molecular weight is 448 g/mol. The summed E-state index contributed by atoms with van der Waals surface area (Å²) in [6, 6.07) is 15.2. The minimum absolute atomic E-state index is 0.0711. The Morgan fingerprint density at radius 1 is 0.839 bits per heavy atom. The van der Waals surface area contributed by atoms with E-state index >= 15 is 0 Å². The van der Waals surface area contributed by atoms with Crippen LogP contribution in [0.2, 0.25) is 0 Å². The first kappa shape index (κ1) is 24.9. The summed E-state index contributed by atoms with van der Waals surface area (Å²) in [5.74, 6) is 0.209. The number of unbranched alkanes of at least 4 members (excludes halogenated alkanes) is 3. The molecule has 7 heteroatoms. The SMILES string of the molecule is CCN(CC)c1ccc(/C=C/c2ccc(OS(=O)(=O)OCCCCCCO)cc2)cc1. The van der Waals surface area contributed by atoms with E-state index in [2.05, 4.69) is 43.0 Å². The van der Waals surface area contributed by atoms with Gasteiger partial charge < -0.3 is 14.2 Å². The fourth-order valence-electron chi connectivity index (χ4n) is 3.08. The van der Waals surface area contributed by atoms with Crippen LogP contribution in [0.5, 0.6) is 5.75 Å². The van der Waals surface area contributed by atoms with Gasteiger partial charge in [-0.05, 0) is 62.1 Å². The van der Waals surface area contributed by atoms with Gasteiger partial charge in [0.1, 0.15) is 5.75 Å². The van der Waals surface area contributed by atoms with Crippen LogP contribution in [-0.4, -0.2) is 39.8 Å². The van der Waals surface area contributed by atoms with Crippen molar-refractivity contribution in [2.45, 2.75) is 39.5 Å². The van der Waals surface area contributed by atoms with Crippen molar-refractivity contribution < 1.29 is 21.9 Å². The molecule has 0 fully saturated rings. The largest absolute Gasteiger partial charge is 0.449 e. The maximum atomic E-state index is 11.9. The van der Waals surface area contributed by atoms with E-state index in [4.69, 9.17) is 13.5 Å². The molecule has 31 heavy (non-hydrogen) atoms. The fourth-order valence-corrected chi connectivity index (χ4v) is 3.80. The molecule has 2 rings (SSSR count). The molecular formula is C24H33NO5S. The lowest BCUT2D eigenvalue weighted by atomic mass is 10.1. The highest BCUT2D eigenvalue weighted by Crippen LogP contribution is 2.19. The molecular weight excluding hydrogens is 414 g/mol. The summed E-state index contributed by atoms with van der Waals surface area (Å²) in [6.07, 6.45) is 6.94. The normalized spacial score (nSPS) is 11.7. The Bertz CT molecular complexity index is 889. The van der Waals surface area contributed by atoms with Gasteiger partial charge in [0.05, 0.1) is 6.61 Å². The van der Waals surface area contributed by atoms with E-state index in [1.54, 1.807) is 24.3 Å². The predicted molar refractivity (Wildman–Crippen MR) is 126 cm³/mol. The lowest BCUT2D eigenvalue weighted by Gasteiger charge is -2.20. The van der Waals surface area contributed by atoms with E-state index in [0.717, 1.165) is 37.1 Å². The van der Waals surface area contributed by atoms with Gasteiger partial charge >= 0.3 is 10.4 Å². The van der Waals surface area contributed by atoms with E-state index in [1.165, 1.54) is 5.69 Å². The lowest BCUT2D eigenvalue weighted by molar-refractivity contribution is 0.257. The van der Waals surface area contributed by atoms with Crippen molar-refractivity contribution in [2.75, 3.05) is 31.2 Å². The first-order chi connectivity index (χ1) is 15.0. The first-order valence-electron chi connectivity index (χ1n) is 10.8. The van der Waals surface area contributed by atoms with Crippen LogP contribution >= 0.6 is 0 Å². The molecule has 0 aliphatic rings. The second-order valence-electron chi connectivity index (χ2n) is 7.12. The zero-order valence-electron chi connectivity index (χ0n) is 18.4. The lowest BCUT2D eigenvalue weighted by Crippen LogP contribution is -2.21. The van der Waals surface area contributed by atoms with Crippen molar-refractivity contribution in [3.8, 4) is 5.75 Å². The second-order valence-corrected chi connectivity index (χ2v) is 8.34. The zero-order valence-corrected chi connectivity index (χ0v) is 19.2. The smallest absolute Gasteiger partial charge is 0.396 e. The first-order valence-corrected chi connectivity index (χ1v) is 12.1. The molecule has 0 aliphatic carbocycles. The van der Waals surface area contributed by atoms with Crippen LogP contribution in [0.15, 0.2) is 48.5 Å². The molecule has 0 radical (unpaired) electrons. The van der Waals surface area contributed by atoms with E-state index < -0.39 is 10.4 Å². The molecule has 0 saturated heterocycles. The highest BCUT2D eigenvalue weighted by molar-refractivity contribution is 7.82. The number of rotatable bonds is 14. The van der Waals surface area contributed by atoms with Crippen molar-refractivity contribution >= 4 is 28.2 Å². The van der Waals surface area contributed by atoms with Crippen LogP contribution in [0.3, 0.4) is 0 Å². The molecule has 1 N–H and O–H groups in total. The van der Waals surface area contributed by atoms with Gasteiger partial charge in [0, 0.05) is 25.4 Å². The Kier molecular flexibility index (Phi) is 10.6. The van der Waals surface area contributed by atoms with Crippen molar-refractivity contribution in [1.82, 2.24) is 0 Å². The number of nitrogens with zero attached hydrogens (tertiary/aromatic N) is 1. The molecule has 0 spiro atoms. The maximum Gasteiger partial charge on any atom is 0.449 e. The van der Waals surface area contributed by atoms with Crippen molar-refractivity contribution in [3.63, 3.8) is 0 Å². The van der Waals surface area contributed by atoms with Crippen LogP contribution in [0.25, 0.3) is 12.2 Å². The molecule has 0 amide bonds. The minimum Gasteiger partial charge on any atom is -0.396 e. The number of aliphatic hydroxyl groups is 1. The maximum absolute atomic E-state index is 11.9. The molecule has 0 bridgehead atoms. The summed E-state index contributed by atoms with van der Waals surface area (Å²) < 4.78 is 33.7. The summed E-state index contributed by atoms with van der Waals surface area (Å²) in [6.45, 7) is 6.46. The monoisotopic (exact) mass is 447 g/mol. The Hall–Kier alpha value is -2.35. The van der Waals surface area contributed by atoms with Crippen LogP contribution in [0.4, 0.5) is 5.69 Å². The van der Waals surface area contributed by atoms with Gasteiger partial charge in [-0.3, -0.25) is 0 Å². The molecule has 0 aliphatic heterocycles. The zero-order chi connectivity index (χ0) is 22.5. The Morgan fingerprint density at radius 3 is 1.94 bits per heavy atom. The third-order valence-corrected chi connectivity index (χ3v) is 5.70.